The van der Waals surface area contributed by atoms with Gasteiger partial charge in [-0.15, -0.1) is 0 Å². The maximum absolute atomic E-state index is 12.2. The fourth-order valence-corrected chi connectivity index (χ4v) is 2.42. The molecule has 3 amide bonds. The monoisotopic (exact) mass is 414 g/mol. The summed E-state index contributed by atoms with van der Waals surface area (Å²) < 4.78 is 5.09. The van der Waals surface area contributed by atoms with Crippen molar-refractivity contribution in [3.63, 3.8) is 0 Å². The number of nitrogens with one attached hydrogen (secondary N) is 3. The molecule has 29 heavy (non-hydrogen) atoms. The number of nitriles is 1. The molecule has 0 heterocycles. The van der Waals surface area contributed by atoms with Crippen LogP contribution >= 0.6 is 11.6 Å². The second-order valence-corrected chi connectivity index (χ2v) is 6.47. The van der Waals surface area contributed by atoms with Crippen LogP contribution in [0.1, 0.15) is 19.4 Å². The summed E-state index contributed by atoms with van der Waals surface area (Å²) in [6.07, 6.45) is -1.11. The third-order valence-corrected chi connectivity index (χ3v) is 4.06. The predicted molar refractivity (Wildman–Crippen MR) is 108 cm³/mol. The number of rotatable bonds is 6. The van der Waals surface area contributed by atoms with Crippen molar-refractivity contribution >= 4 is 40.9 Å². The summed E-state index contributed by atoms with van der Waals surface area (Å²) in [7, 11) is 0. The molecule has 0 unspecified atom stereocenters. The van der Waals surface area contributed by atoms with Crippen LogP contribution in [0.4, 0.5) is 16.2 Å². The number of hydrogen-bond acceptors (Lipinski definition) is 5. The summed E-state index contributed by atoms with van der Waals surface area (Å²) in [5.74, 6) is -1.35. The van der Waals surface area contributed by atoms with Gasteiger partial charge >= 0.3 is 12.0 Å². The number of halogens is 1. The first-order chi connectivity index (χ1) is 13.8. The molecular formula is C20H19ClN4O4. The van der Waals surface area contributed by atoms with Gasteiger partial charge in [0.2, 0.25) is 0 Å². The van der Waals surface area contributed by atoms with E-state index in [1.54, 1.807) is 30.3 Å². The Kier molecular flexibility index (Phi) is 7.57. The van der Waals surface area contributed by atoms with E-state index in [9.17, 15) is 14.4 Å². The molecule has 0 aliphatic carbocycles. The molecule has 0 fully saturated rings. The Morgan fingerprint density at radius 3 is 2.34 bits per heavy atom. The van der Waals surface area contributed by atoms with Crippen LogP contribution in [0.25, 0.3) is 0 Å². The van der Waals surface area contributed by atoms with Crippen molar-refractivity contribution in [1.82, 2.24) is 5.32 Å². The van der Waals surface area contributed by atoms with Crippen LogP contribution in [0.15, 0.2) is 48.5 Å². The topological polar surface area (TPSA) is 120 Å². The average Bonchev–Trinajstić information content (AvgIpc) is 2.68. The van der Waals surface area contributed by atoms with Crippen molar-refractivity contribution in [2.24, 2.45) is 0 Å². The maximum atomic E-state index is 12.2. The van der Waals surface area contributed by atoms with Crippen LogP contribution in [-0.4, -0.2) is 30.1 Å². The zero-order chi connectivity index (χ0) is 21.4. The normalized spacial score (nSPS) is 12.1. The number of urea groups is 1. The smallest absolute Gasteiger partial charge is 0.329 e. The van der Waals surface area contributed by atoms with Crippen LogP contribution < -0.4 is 16.0 Å². The number of para-hydroxylation sites is 1. The molecule has 150 valence electrons. The quantitative estimate of drug-likeness (QED) is 0.626. The van der Waals surface area contributed by atoms with E-state index >= 15 is 0 Å². The molecule has 2 rings (SSSR count). The van der Waals surface area contributed by atoms with Crippen LogP contribution in [0.5, 0.6) is 0 Å². The van der Waals surface area contributed by atoms with E-state index in [2.05, 4.69) is 16.0 Å². The lowest BCUT2D eigenvalue weighted by molar-refractivity contribution is -0.154. The minimum Gasteiger partial charge on any atom is -0.451 e. The highest BCUT2D eigenvalue weighted by Crippen LogP contribution is 2.20. The Hall–Kier alpha value is -3.57. The first-order valence-corrected chi connectivity index (χ1v) is 9.01. The number of anilines is 2. The summed E-state index contributed by atoms with van der Waals surface area (Å²) in [6.45, 7) is 2.84. The van der Waals surface area contributed by atoms with Gasteiger partial charge in [0.15, 0.2) is 6.10 Å². The molecule has 2 atom stereocenters. The molecule has 3 N–H and O–H groups in total. The Bertz CT molecular complexity index is 943. The molecule has 0 aromatic heterocycles. The van der Waals surface area contributed by atoms with E-state index in [4.69, 9.17) is 21.6 Å². The minimum atomic E-state index is -1.11. The summed E-state index contributed by atoms with van der Waals surface area (Å²) >= 11 is 5.92. The van der Waals surface area contributed by atoms with E-state index in [-0.39, 0.29) is 10.6 Å². The largest absolute Gasteiger partial charge is 0.451 e. The predicted octanol–water partition coefficient (Wildman–Crippen LogP) is 3.29. The van der Waals surface area contributed by atoms with Crippen molar-refractivity contribution in [2.45, 2.75) is 26.0 Å². The lowest BCUT2D eigenvalue weighted by Gasteiger charge is -2.18. The van der Waals surface area contributed by atoms with E-state index < -0.39 is 30.1 Å². The highest BCUT2D eigenvalue weighted by molar-refractivity contribution is 6.32. The molecule has 0 radical (unpaired) electrons. The molecule has 2 aromatic carbocycles. The summed E-state index contributed by atoms with van der Waals surface area (Å²) in [6, 6.07) is 13.5. The summed E-state index contributed by atoms with van der Waals surface area (Å²) in [5.41, 5.74) is 1.20. The number of benzene rings is 2. The van der Waals surface area contributed by atoms with Gasteiger partial charge in [-0.2, -0.15) is 5.26 Å². The standard InChI is InChI=1S/C20H19ClN4O4/c1-12(23-20(28)25-15-6-4-3-5-7-15)19(27)29-13(2)18(26)24-16-9-8-14(11-22)17(21)10-16/h3-10,12-13H,1-2H3,(H,24,26)(H2,23,25,28)/t12-,13+/m0/s1. The molecule has 9 heteroatoms. The fraction of sp³-hybridized carbons (Fsp3) is 0.200. The lowest BCUT2D eigenvalue weighted by Crippen LogP contribution is -2.44. The molecule has 0 bridgehead atoms. The fourth-order valence-electron chi connectivity index (χ4n) is 2.20. The Balaban J connectivity index is 1.85. The Labute approximate surface area is 172 Å². The minimum absolute atomic E-state index is 0.192. The number of amides is 3. The number of hydrogen-bond donors (Lipinski definition) is 3. The van der Waals surface area contributed by atoms with Gasteiger partial charge in [0, 0.05) is 11.4 Å². The molecular weight excluding hydrogens is 396 g/mol. The van der Waals surface area contributed by atoms with E-state index in [0.29, 0.717) is 11.4 Å². The second-order valence-electron chi connectivity index (χ2n) is 6.06. The average molecular weight is 415 g/mol. The maximum Gasteiger partial charge on any atom is 0.329 e. The van der Waals surface area contributed by atoms with Gasteiger partial charge < -0.3 is 20.7 Å². The van der Waals surface area contributed by atoms with E-state index in [0.717, 1.165) is 0 Å². The zero-order valence-corrected chi connectivity index (χ0v) is 16.5. The molecule has 8 nitrogen and oxygen atoms in total. The van der Waals surface area contributed by atoms with Gasteiger partial charge in [0.1, 0.15) is 12.1 Å². The SMILES string of the molecule is C[C@H](NC(=O)Nc1ccccc1)C(=O)O[C@H](C)C(=O)Nc1ccc(C#N)c(Cl)c1. The number of esters is 1. The number of ether oxygens (including phenoxy) is 1. The van der Waals surface area contributed by atoms with Crippen molar-refractivity contribution in [3.8, 4) is 6.07 Å². The van der Waals surface area contributed by atoms with Gasteiger partial charge in [-0.25, -0.2) is 9.59 Å². The van der Waals surface area contributed by atoms with Crippen molar-refractivity contribution in [1.29, 1.82) is 5.26 Å². The first-order valence-electron chi connectivity index (χ1n) is 8.63. The van der Waals surface area contributed by atoms with Gasteiger partial charge in [0.05, 0.1) is 10.6 Å². The molecule has 0 aliphatic heterocycles. The van der Waals surface area contributed by atoms with Crippen molar-refractivity contribution < 1.29 is 19.1 Å². The molecule has 0 saturated carbocycles. The van der Waals surface area contributed by atoms with Crippen LogP contribution in [0.3, 0.4) is 0 Å². The van der Waals surface area contributed by atoms with Crippen molar-refractivity contribution in [2.75, 3.05) is 10.6 Å². The van der Waals surface area contributed by atoms with Crippen LogP contribution in [0, 0.1) is 11.3 Å². The molecule has 0 aliphatic rings. The van der Waals surface area contributed by atoms with Crippen molar-refractivity contribution in [3.05, 3.63) is 59.1 Å². The third kappa shape index (κ3) is 6.52. The lowest BCUT2D eigenvalue weighted by atomic mass is 10.2. The number of carbonyl (C=O) groups is 3. The zero-order valence-electron chi connectivity index (χ0n) is 15.7. The Morgan fingerprint density at radius 1 is 1.03 bits per heavy atom. The summed E-state index contributed by atoms with van der Waals surface area (Å²) in [5, 5.41) is 16.6. The van der Waals surface area contributed by atoms with Crippen LogP contribution in [-0.2, 0) is 14.3 Å². The van der Waals surface area contributed by atoms with E-state index in [1.165, 1.54) is 32.0 Å². The molecule has 0 spiro atoms. The van der Waals surface area contributed by atoms with Crippen LogP contribution in [0.2, 0.25) is 5.02 Å². The molecule has 2 aromatic rings. The number of nitrogens with zero attached hydrogens (tertiary/aromatic N) is 1. The van der Waals surface area contributed by atoms with Gasteiger partial charge in [-0.05, 0) is 44.2 Å². The molecule has 0 saturated heterocycles. The summed E-state index contributed by atoms with van der Waals surface area (Å²) in [4.78, 5) is 36.3. The Morgan fingerprint density at radius 2 is 1.72 bits per heavy atom. The first kappa shape index (κ1) is 21.7. The van der Waals surface area contributed by atoms with Gasteiger partial charge in [0.25, 0.3) is 5.91 Å². The number of carbonyl (C=O) groups excluding carboxylic acids is 3. The highest BCUT2D eigenvalue weighted by Gasteiger charge is 2.23. The van der Waals surface area contributed by atoms with Gasteiger partial charge in [-0.3, -0.25) is 4.79 Å². The van der Waals surface area contributed by atoms with E-state index in [1.807, 2.05) is 6.07 Å². The third-order valence-electron chi connectivity index (χ3n) is 3.75. The second kappa shape index (κ2) is 10.1. The highest BCUT2D eigenvalue weighted by atomic mass is 35.5. The van der Waals surface area contributed by atoms with Gasteiger partial charge in [-0.1, -0.05) is 29.8 Å².